The van der Waals surface area contributed by atoms with E-state index < -0.39 is 0 Å². The van der Waals surface area contributed by atoms with Crippen molar-refractivity contribution in [2.45, 2.75) is 0 Å². The van der Waals surface area contributed by atoms with E-state index in [1.165, 1.54) is 0 Å². The van der Waals surface area contributed by atoms with Gasteiger partial charge in [-0.25, -0.2) is 0 Å². The maximum Gasteiger partial charge on any atom is 0.231 e. The van der Waals surface area contributed by atoms with Gasteiger partial charge in [-0.2, -0.15) is 0 Å². The van der Waals surface area contributed by atoms with Gasteiger partial charge in [0.15, 0.2) is 11.5 Å². The first kappa shape index (κ1) is 15.8. The summed E-state index contributed by atoms with van der Waals surface area (Å²) in [5.74, 6) is 2.40. The van der Waals surface area contributed by atoms with Gasteiger partial charge in [-0.3, -0.25) is 0 Å². The summed E-state index contributed by atoms with van der Waals surface area (Å²) >= 11 is 0. The molecule has 0 aromatic heterocycles. The van der Waals surface area contributed by atoms with Gasteiger partial charge in [0.1, 0.15) is 5.75 Å². The van der Waals surface area contributed by atoms with E-state index >= 15 is 0 Å². The van der Waals surface area contributed by atoms with Crippen LogP contribution in [-0.4, -0.2) is 13.9 Å². The monoisotopic (exact) mass is 353 g/mol. The average Bonchev–Trinajstić information content (AvgIpc) is 3.21. The van der Waals surface area contributed by atoms with Gasteiger partial charge in [0, 0.05) is 0 Å². The molecule has 0 spiro atoms. The van der Waals surface area contributed by atoms with Gasteiger partial charge in [0.05, 0.1) is 7.11 Å². The van der Waals surface area contributed by atoms with E-state index in [1.807, 2.05) is 36.4 Å². The Morgan fingerprint density at radius 3 is 2.44 bits per heavy atom. The summed E-state index contributed by atoms with van der Waals surface area (Å²) in [6, 6.07) is 28.2. The third-order valence-corrected chi connectivity index (χ3v) is 4.85. The van der Waals surface area contributed by atoms with Crippen molar-refractivity contribution in [1.82, 2.24) is 0 Å². The zero-order valence-electron chi connectivity index (χ0n) is 14.9. The van der Waals surface area contributed by atoms with E-state index in [0.717, 1.165) is 50.3 Å². The highest BCUT2D eigenvalue weighted by Crippen LogP contribution is 2.40. The molecule has 4 aromatic rings. The summed E-state index contributed by atoms with van der Waals surface area (Å²) < 4.78 is 16.3. The molecule has 4 aromatic carbocycles. The third kappa shape index (κ3) is 2.77. The second-order valence-corrected chi connectivity index (χ2v) is 6.44. The number of rotatable bonds is 3. The number of fused-ring (bicyclic) bond motifs is 2. The van der Waals surface area contributed by atoms with Crippen molar-refractivity contribution in [2.24, 2.45) is 0 Å². The maximum absolute atomic E-state index is 5.57. The van der Waals surface area contributed by atoms with E-state index in [9.17, 15) is 0 Å². The van der Waals surface area contributed by atoms with Crippen LogP contribution in [0.4, 0.5) is 0 Å². The topological polar surface area (TPSA) is 27.7 Å². The molecule has 0 bridgehead atoms. The highest BCUT2D eigenvalue weighted by atomic mass is 16.7. The second kappa shape index (κ2) is 6.36. The van der Waals surface area contributed by atoms with Gasteiger partial charge in [-0.1, -0.05) is 42.5 Å². The molecule has 5 rings (SSSR count). The minimum absolute atomic E-state index is 0.272. The molecule has 0 saturated heterocycles. The Morgan fingerprint density at radius 2 is 1.59 bits per heavy atom. The first-order chi connectivity index (χ1) is 13.3. The zero-order valence-corrected chi connectivity index (χ0v) is 14.9. The predicted molar refractivity (Wildman–Crippen MR) is 106 cm³/mol. The van der Waals surface area contributed by atoms with E-state index in [1.54, 1.807) is 7.11 Å². The summed E-state index contributed by atoms with van der Waals surface area (Å²) in [4.78, 5) is 0. The number of benzene rings is 4. The van der Waals surface area contributed by atoms with Crippen LogP contribution in [0.1, 0.15) is 0 Å². The lowest BCUT2D eigenvalue weighted by molar-refractivity contribution is 0.174. The Balaban J connectivity index is 1.73. The standard InChI is InChI=1S/C24H17O3/c1-25-20-9-6-16(7-10-20)21-12-17-4-2-3-5-18(17)13-22(21)19-8-11-23-24(14-19)27-15-26-23/h2-11,13-14H,15H2,1H3. The fraction of sp³-hybridized carbons (Fsp3) is 0.0833. The predicted octanol–water partition coefficient (Wildman–Crippen LogP) is 5.71. The van der Waals surface area contributed by atoms with Crippen molar-refractivity contribution in [3.05, 3.63) is 78.9 Å². The summed E-state index contributed by atoms with van der Waals surface area (Å²) in [5.41, 5.74) is 4.33. The Bertz CT molecular complexity index is 1130. The smallest absolute Gasteiger partial charge is 0.231 e. The van der Waals surface area contributed by atoms with Crippen LogP contribution in [0.5, 0.6) is 17.2 Å². The minimum atomic E-state index is 0.272. The van der Waals surface area contributed by atoms with Gasteiger partial charge in [0.25, 0.3) is 0 Å². The van der Waals surface area contributed by atoms with Crippen LogP contribution >= 0.6 is 0 Å². The molecule has 27 heavy (non-hydrogen) atoms. The van der Waals surface area contributed by atoms with Gasteiger partial charge in [0.2, 0.25) is 6.79 Å². The molecule has 0 unspecified atom stereocenters. The molecule has 0 saturated carbocycles. The molecule has 3 nitrogen and oxygen atoms in total. The summed E-state index contributed by atoms with van der Waals surface area (Å²) in [5, 5.41) is 2.25. The fourth-order valence-corrected chi connectivity index (χ4v) is 3.44. The molecule has 0 fully saturated rings. The number of hydrogen-bond donors (Lipinski definition) is 0. The Hall–Kier alpha value is -3.46. The molecule has 0 atom stereocenters. The number of methoxy groups -OCH3 is 1. The van der Waals surface area contributed by atoms with E-state index in [4.69, 9.17) is 14.2 Å². The van der Waals surface area contributed by atoms with Gasteiger partial charge in [-0.15, -0.1) is 0 Å². The average molecular weight is 353 g/mol. The highest BCUT2D eigenvalue weighted by Gasteiger charge is 2.16. The normalized spacial score (nSPS) is 12.3. The molecule has 3 heteroatoms. The Labute approximate surface area is 157 Å². The van der Waals surface area contributed by atoms with E-state index in [-0.39, 0.29) is 6.79 Å². The SMILES string of the molecule is COc1ccc(-c2[c]c3ccccc3cc2-c2ccc3c(c2)OCO3)cc1. The van der Waals surface area contributed by atoms with Crippen molar-refractivity contribution < 1.29 is 14.2 Å². The molecule has 1 radical (unpaired) electrons. The largest absolute Gasteiger partial charge is 0.497 e. The van der Waals surface area contributed by atoms with Crippen LogP contribution in [0.3, 0.4) is 0 Å². The zero-order chi connectivity index (χ0) is 18.2. The number of ether oxygens (including phenoxy) is 3. The lowest BCUT2D eigenvalue weighted by Gasteiger charge is -2.13. The van der Waals surface area contributed by atoms with Gasteiger partial charge in [-0.05, 0) is 69.4 Å². The molecule has 0 aliphatic carbocycles. The molecule has 0 amide bonds. The lowest BCUT2D eigenvalue weighted by Crippen LogP contribution is -1.92. The first-order valence-electron chi connectivity index (χ1n) is 8.81. The summed E-state index contributed by atoms with van der Waals surface area (Å²) in [6.07, 6.45) is 0. The van der Waals surface area contributed by atoms with Crippen LogP contribution < -0.4 is 14.2 Å². The van der Waals surface area contributed by atoms with Gasteiger partial charge < -0.3 is 14.2 Å². The van der Waals surface area contributed by atoms with Crippen molar-refractivity contribution >= 4 is 10.8 Å². The molecule has 0 N–H and O–H groups in total. The van der Waals surface area contributed by atoms with Crippen LogP contribution in [0, 0.1) is 6.07 Å². The van der Waals surface area contributed by atoms with Crippen LogP contribution in [-0.2, 0) is 0 Å². The van der Waals surface area contributed by atoms with E-state index in [0.29, 0.717) is 0 Å². The Morgan fingerprint density at radius 1 is 0.815 bits per heavy atom. The van der Waals surface area contributed by atoms with Crippen LogP contribution in [0.2, 0.25) is 0 Å². The highest BCUT2D eigenvalue weighted by molar-refractivity contribution is 5.96. The summed E-state index contributed by atoms with van der Waals surface area (Å²) in [7, 11) is 1.68. The molecular weight excluding hydrogens is 336 g/mol. The van der Waals surface area contributed by atoms with Gasteiger partial charge >= 0.3 is 0 Å². The van der Waals surface area contributed by atoms with Crippen LogP contribution in [0.25, 0.3) is 33.0 Å². The molecule has 131 valence electrons. The lowest BCUT2D eigenvalue weighted by atomic mass is 9.91. The fourth-order valence-electron chi connectivity index (χ4n) is 3.44. The van der Waals surface area contributed by atoms with Crippen LogP contribution in [0.15, 0.2) is 72.8 Å². The van der Waals surface area contributed by atoms with E-state index in [2.05, 4.69) is 42.5 Å². The quantitative estimate of drug-likeness (QED) is 0.472. The van der Waals surface area contributed by atoms with Crippen molar-refractivity contribution in [3.8, 4) is 39.5 Å². The maximum atomic E-state index is 5.57. The second-order valence-electron chi connectivity index (χ2n) is 6.44. The first-order valence-corrected chi connectivity index (χ1v) is 8.81. The number of hydrogen-bond acceptors (Lipinski definition) is 3. The molecule has 1 aliphatic rings. The third-order valence-electron chi connectivity index (χ3n) is 4.85. The van der Waals surface area contributed by atoms with Crippen molar-refractivity contribution in [2.75, 3.05) is 13.9 Å². The summed E-state index contributed by atoms with van der Waals surface area (Å²) in [6.45, 7) is 0.272. The van der Waals surface area contributed by atoms with Crippen molar-refractivity contribution in [3.63, 3.8) is 0 Å². The Kier molecular flexibility index (Phi) is 3.72. The van der Waals surface area contributed by atoms with Crippen molar-refractivity contribution in [1.29, 1.82) is 0 Å². The molecule has 1 aliphatic heterocycles. The molecule has 1 heterocycles. The minimum Gasteiger partial charge on any atom is -0.497 e. The molecular formula is C24H17O3.